The minimum Gasteiger partial charge on any atom is -0.491 e. The monoisotopic (exact) mass is 267 g/mol. The summed E-state index contributed by atoms with van der Waals surface area (Å²) in [7, 11) is 0. The predicted octanol–water partition coefficient (Wildman–Crippen LogP) is 2.20. The van der Waals surface area contributed by atoms with E-state index in [0.29, 0.717) is 6.61 Å². The van der Waals surface area contributed by atoms with Gasteiger partial charge < -0.3 is 14.8 Å². The number of hydrogen-bond acceptors (Lipinski definition) is 3. The molecule has 1 aromatic rings. The quantitative estimate of drug-likeness (QED) is 0.911. The third-order valence-electron chi connectivity index (χ3n) is 3.61. The zero-order chi connectivity index (χ0) is 12.4. The van der Waals surface area contributed by atoms with Gasteiger partial charge in [-0.25, -0.2) is 0 Å². The average Bonchev–Trinajstić information content (AvgIpc) is 2.90. The van der Waals surface area contributed by atoms with E-state index in [0.717, 1.165) is 43.3 Å². The van der Waals surface area contributed by atoms with Crippen LogP contribution in [0.5, 0.6) is 5.75 Å². The molecule has 3 nitrogen and oxygen atoms in total. The van der Waals surface area contributed by atoms with Gasteiger partial charge in [-0.05, 0) is 42.5 Å². The molecule has 18 heavy (non-hydrogen) atoms. The molecule has 4 heteroatoms. The lowest BCUT2D eigenvalue weighted by Gasteiger charge is -2.24. The molecule has 1 atom stereocenters. The van der Waals surface area contributed by atoms with Crippen molar-refractivity contribution in [1.29, 1.82) is 0 Å². The Morgan fingerprint density at radius 3 is 3.06 bits per heavy atom. The number of hydrogen-bond donors (Lipinski definition) is 1. The summed E-state index contributed by atoms with van der Waals surface area (Å²) in [6.07, 6.45) is 3.49. The van der Waals surface area contributed by atoms with Crippen molar-refractivity contribution in [3.8, 4) is 5.75 Å². The van der Waals surface area contributed by atoms with Gasteiger partial charge >= 0.3 is 0 Å². The second kappa shape index (κ2) is 5.47. The van der Waals surface area contributed by atoms with Crippen LogP contribution in [0.25, 0.3) is 0 Å². The third kappa shape index (κ3) is 2.48. The first kappa shape index (κ1) is 12.3. The highest BCUT2D eigenvalue weighted by atomic mass is 35.5. The Labute approximate surface area is 112 Å². The van der Waals surface area contributed by atoms with Gasteiger partial charge in [-0.3, -0.25) is 0 Å². The van der Waals surface area contributed by atoms with E-state index < -0.39 is 0 Å². The largest absolute Gasteiger partial charge is 0.491 e. The third-order valence-corrected chi connectivity index (χ3v) is 3.97. The Morgan fingerprint density at radius 1 is 1.33 bits per heavy atom. The first-order chi connectivity index (χ1) is 8.84. The molecule has 0 radical (unpaired) electrons. The van der Waals surface area contributed by atoms with Crippen LogP contribution in [0.1, 0.15) is 17.5 Å². The van der Waals surface area contributed by atoms with E-state index in [2.05, 4.69) is 5.32 Å². The van der Waals surface area contributed by atoms with Gasteiger partial charge in [-0.2, -0.15) is 0 Å². The number of nitrogens with one attached hydrogen (secondary N) is 1. The van der Waals surface area contributed by atoms with Gasteiger partial charge in [-0.15, -0.1) is 0 Å². The lowest BCUT2D eigenvalue weighted by Crippen LogP contribution is -2.41. The van der Waals surface area contributed by atoms with Crippen molar-refractivity contribution in [2.75, 3.05) is 26.3 Å². The summed E-state index contributed by atoms with van der Waals surface area (Å²) >= 11 is 6.20. The summed E-state index contributed by atoms with van der Waals surface area (Å²) in [4.78, 5) is 0. The maximum absolute atomic E-state index is 6.20. The maximum Gasteiger partial charge on any atom is 0.123 e. The van der Waals surface area contributed by atoms with Crippen LogP contribution in [-0.2, 0) is 17.6 Å². The van der Waals surface area contributed by atoms with Gasteiger partial charge in [0.15, 0.2) is 0 Å². The lowest BCUT2D eigenvalue weighted by molar-refractivity contribution is 0.0000284. The normalized spacial score (nSPS) is 22.8. The smallest absolute Gasteiger partial charge is 0.123 e. The topological polar surface area (TPSA) is 30.5 Å². The molecule has 2 aliphatic rings. The van der Waals surface area contributed by atoms with E-state index in [1.54, 1.807) is 0 Å². The molecular weight excluding hydrogens is 250 g/mol. The molecule has 0 amide bonds. The van der Waals surface area contributed by atoms with E-state index in [9.17, 15) is 0 Å². The summed E-state index contributed by atoms with van der Waals surface area (Å²) in [6.45, 7) is 3.19. The van der Waals surface area contributed by atoms with E-state index in [1.807, 2.05) is 12.1 Å². The number of ether oxygens (including phenoxy) is 2. The van der Waals surface area contributed by atoms with Gasteiger partial charge in [0.05, 0.1) is 6.61 Å². The standard InChI is InChI=1S/C14H18ClNO2/c15-13-4-5-14(12-3-1-2-11(12)13)18-9-10-8-16-6-7-17-10/h4-5,10,16H,1-3,6-9H2. The van der Waals surface area contributed by atoms with Crippen LogP contribution in [0, 0.1) is 0 Å². The van der Waals surface area contributed by atoms with Gasteiger partial charge in [0.25, 0.3) is 0 Å². The molecule has 0 aromatic heterocycles. The van der Waals surface area contributed by atoms with Crippen LogP contribution in [0.3, 0.4) is 0 Å². The minimum atomic E-state index is 0.159. The second-order valence-electron chi connectivity index (χ2n) is 4.86. The van der Waals surface area contributed by atoms with Gasteiger partial charge in [0.2, 0.25) is 0 Å². The molecule has 1 heterocycles. The molecule has 1 fully saturated rings. The molecule has 0 bridgehead atoms. The fraction of sp³-hybridized carbons (Fsp3) is 0.571. The van der Waals surface area contributed by atoms with Crippen molar-refractivity contribution >= 4 is 11.6 Å². The summed E-state index contributed by atoms with van der Waals surface area (Å²) in [6, 6.07) is 3.93. The molecule has 1 unspecified atom stereocenters. The maximum atomic E-state index is 6.20. The summed E-state index contributed by atoms with van der Waals surface area (Å²) in [5, 5.41) is 4.19. The lowest BCUT2D eigenvalue weighted by atomic mass is 10.1. The second-order valence-corrected chi connectivity index (χ2v) is 5.27. The first-order valence-electron chi connectivity index (χ1n) is 6.60. The SMILES string of the molecule is Clc1ccc(OCC2CNCCO2)c2c1CCC2. The molecule has 0 spiro atoms. The van der Waals surface area contributed by atoms with Crippen LogP contribution in [0.4, 0.5) is 0 Å². The molecule has 98 valence electrons. The van der Waals surface area contributed by atoms with Crippen LogP contribution < -0.4 is 10.1 Å². The molecule has 0 saturated carbocycles. The van der Waals surface area contributed by atoms with Gasteiger partial charge in [0.1, 0.15) is 18.5 Å². The Kier molecular flexibility index (Phi) is 3.73. The van der Waals surface area contributed by atoms with E-state index >= 15 is 0 Å². The fourth-order valence-electron chi connectivity index (χ4n) is 2.67. The number of rotatable bonds is 3. The van der Waals surface area contributed by atoms with Crippen molar-refractivity contribution in [2.45, 2.75) is 25.4 Å². The minimum absolute atomic E-state index is 0.159. The number of fused-ring (bicyclic) bond motifs is 1. The highest BCUT2D eigenvalue weighted by molar-refractivity contribution is 6.31. The van der Waals surface area contributed by atoms with Crippen LogP contribution >= 0.6 is 11.6 Å². The van der Waals surface area contributed by atoms with E-state index in [-0.39, 0.29) is 6.10 Å². The number of morpholine rings is 1. The van der Waals surface area contributed by atoms with Crippen molar-refractivity contribution in [3.05, 3.63) is 28.3 Å². The Morgan fingerprint density at radius 2 is 2.22 bits per heavy atom. The molecule has 1 N–H and O–H groups in total. The van der Waals surface area contributed by atoms with E-state index in [4.69, 9.17) is 21.1 Å². The van der Waals surface area contributed by atoms with Crippen LogP contribution in [0.2, 0.25) is 5.02 Å². The number of halogens is 1. The molecule has 1 aliphatic heterocycles. The van der Waals surface area contributed by atoms with Crippen molar-refractivity contribution in [1.82, 2.24) is 5.32 Å². The van der Waals surface area contributed by atoms with Crippen molar-refractivity contribution in [3.63, 3.8) is 0 Å². The summed E-state index contributed by atoms with van der Waals surface area (Å²) < 4.78 is 11.5. The first-order valence-corrected chi connectivity index (χ1v) is 6.98. The molecule has 3 rings (SSSR count). The predicted molar refractivity (Wildman–Crippen MR) is 71.6 cm³/mol. The van der Waals surface area contributed by atoms with Gasteiger partial charge in [-0.1, -0.05) is 11.6 Å². The Bertz CT molecular complexity index is 430. The van der Waals surface area contributed by atoms with Crippen LogP contribution in [-0.4, -0.2) is 32.4 Å². The molecule has 1 aromatic carbocycles. The summed E-state index contributed by atoms with van der Waals surface area (Å²) in [5.74, 6) is 0.987. The fourth-order valence-corrected chi connectivity index (χ4v) is 2.95. The Balaban J connectivity index is 1.67. The van der Waals surface area contributed by atoms with Crippen LogP contribution in [0.15, 0.2) is 12.1 Å². The highest BCUT2D eigenvalue weighted by Gasteiger charge is 2.20. The number of benzene rings is 1. The Hall–Kier alpha value is -0.770. The van der Waals surface area contributed by atoms with E-state index in [1.165, 1.54) is 17.5 Å². The molecule has 1 saturated heterocycles. The molecule has 1 aliphatic carbocycles. The molecular formula is C14H18ClNO2. The van der Waals surface area contributed by atoms with Crippen molar-refractivity contribution < 1.29 is 9.47 Å². The summed E-state index contributed by atoms with van der Waals surface area (Å²) in [5.41, 5.74) is 2.57. The highest BCUT2D eigenvalue weighted by Crippen LogP contribution is 2.35. The average molecular weight is 268 g/mol. The van der Waals surface area contributed by atoms with Gasteiger partial charge in [0, 0.05) is 18.1 Å². The zero-order valence-corrected chi connectivity index (χ0v) is 11.1. The van der Waals surface area contributed by atoms with Crippen molar-refractivity contribution in [2.24, 2.45) is 0 Å². The zero-order valence-electron chi connectivity index (χ0n) is 10.4.